The minimum Gasteiger partial charge on any atom is -0.511 e. The van der Waals surface area contributed by atoms with Crippen molar-refractivity contribution in [2.24, 2.45) is 11.8 Å². The second-order valence-corrected chi connectivity index (χ2v) is 8.34. The molecule has 0 aromatic heterocycles. The van der Waals surface area contributed by atoms with Crippen LogP contribution in [0.1, 0.15) is 29.5 Å². The summed E-state index contributed by atoms with van der Waals surface area (Å²) in [6.45, 7) is 3.88. The van der Waals surface area contributed by atoms with E-state index in [1.807, 2.05) is 44.2 Å². The quantitative estimate of drug-likeness (QED) is 0.755. The molecule has 1 N–H and O–H groups in total. The first-order chi connectivity index (χ1) is 13.5. The molecule has 2 saturated heterocycles. The van der Waals surface area contributed by atoms with Gasteiger partial charge in [-0.1, -0.05) is 23.7 Å². The van der Waals surface area contributed by atoms with Gasteiger partial charge in [0, 0.05) is 0 Å². The Hall–Kier alpha value is -2.30. The largest absolute Gasteiger partial charge is 0.511 e. The van der Waals surface area contributed by atoms with Crippen LogP contribution in [0.3, 0.4) is 0 Å². The lowest BCUT2D eigenvalue weighted by atomic mass is 9.80. The topological polar surface area (TPSA) is 55.8 Å². The van der Waals surface area contributed by atoms with Crippen molar-refractivity contribution in [3.05, 3.63) is 63.9 Å². The zero-order chi connectivity index (χ0) is 19.6. The van der Waals surface area contributed by atoms with Crippen molar-refractivity contribution >= 4 is 23.0 Å². The summed E-state index contributed by atoms with van der Waals surface area (Å²) in [6, 6.07) is 11.1. The molecular weight excluding hydrogens is 376 g/mol. The molecule has 2 aromatic carbocycles. The summed E-state index contributed by atoms with van der Waals surface area (Å²) < 4.78 is 11.8. The Kier molecular flexibility index (Phi) is 4.04. The molecule has 0 radical (unpaired) electrons. The Labute approximate surface area is 168 Å². The number of aliphatic hydroxyl groups excluding tert-OH is 1. The highest BCUT2D eigenvalue weighted by Gasteiger charge is 2.59. The minimum absolute atomic E-state index is 0.0145. The second kappa shape index (κ2) is 6.36. The van der Waals surface area contributed by atoms with Crippen molar-refractivity contribution < 1.29 is 19.4 Å². The molecule has 144 valence electrons. The van der Waals surface area contributed by atoms with E-state index in [-0.39, 0.29) is 35.6 Å². The van der Waals surface area contributed by atoms with Gasteiger partial charge in [0.1, 0.15) is 17.3 Å². The standard InChI is InChI=1S/C23H21ClO4/c1-11-9-13(27-15-6-4-3-5-14(15)24)10-12(2)18(11)21-22(25)19-16-7-8-17(28-16)20(19)23(21)26/h3-6,9-10,16-17,19-20,25H,7-8H2,1-2H3/t16-,17+,19-,20+/m1/s1. The third kappa shape index (κ3) is 2.51. The highest BCUT2D eigenvalue weighted by Crippen LogP contribution is 2.54. The fraction of sp³-hybridized carbons (Fsp3) is 0.348. The maximum Gasteiger partial charge on any atom is 0.173 e. The average molecular weight is 397 g/mol. The first kappa shape index (κ1) is 17.8. The number of benzene rings is 2. The summed E-state index contributed by atoms with van der Waals surface area (Å²) in [6.07, 6.45) is 1.74. The first-order valence-electron chi connectivity index (χ1n) is 9.62. The zero-order valence-electron chi connectivity index (χ0n) is 15.7. The van der Waals surface area contributed by atoms with E-state index in [1.54, 1.807) is 6.07 Å². The fourth-order valence-corrected chi connectivity index (χ4v) is 5.27. The number of halogens is 1. The predicted molar refractivity (Wildman–Crippen MR) is 107 cm³/mol. The highest BCUT2D eigenvalue weighted by molar-refractivity contribution is 6.32. The van der Waals surface area contributed by atoms with Gasteiger partial charge in [-0.25, -0.2) is 0 Å². The number of Topliss-reactive ketones (excluding diaryl/α,β-unsaturated/α-hetero) is 1. The molecule has 0 spiro atoms. The van der Waals surface area contributed by atoms with Gasteiger partial charge in [0.15, 0.2) is 5.78 Å². The molecule has 2 aromatic rings. The van der Waals surface area contributed by atoms with Crippen molar-refractivity contribution in [2.45, 2.75) is 38.9 Å². The van der Waals surface area contributed by atoms with Crippen molar-refractivity contribution in [3.8, 4) is 11.5 Å². The van der Waals surface area contributed by atoms with Crippen LogP contribution in [-0.2, 0) is 9.53 Å². The molecule has 5 heteroatoms. The van der Waals surface area contributed by atoms with E-state index in [4.69, 9.17) is 21.1 Å². The third-order valence-electron chi connectivity index (χ3n) is 6.21. The van der Waals surface area contributed by atoms with Crippen LogP contribution in [-0.4, -0.2) is 23.1 Å². The van der Waals surface area contributed by atoms with Crippen LogP contribution >= 0.6 is 11.6 Å². The van der Waals surface area contributed by atoms with Crippen LogP contribution in [0, 0.1) is 25.7 Å². The normalized spacial score (nSPS) is 28.2. The number of rotatable bonds is 3. The average Bonchev–Trinajstić information content (AvgIpc) is 3.33. The number of ketones is 1. The molecule has 2 fully saturated rings. The summed E-state index contributed by atoms with van der Waals surface area (Å²) >= 11 is 6.19. The Morgan fingerprint density at radius 3 is 2.36 bits per heavy atom. The molecule has 2 heterocycles. The lowest BCUT2D eigenvalue weighted by Gasteiger charge is -2.19. The number of para-hydroxylation sites is 1. The van der Waals surface area contributed by atoms with Crippen LogP contribution < -0.4 is 4.74 Å². The third-order valence-corrected chi connectivity index (χ3v) is 6.53. The molecule has 2 bridgehead atoms. The van der Waals surface area contributed by atoms with Crippen LogP contribution in [0.25, 0.3) is 5.57 Å². The minimum atomic E-state index is -0.230. The number of fused-ring (bicyclic) bond motifs is 5. The van der Waals surface area contributed by atoms with E-state index in [2.05, 4.69) is 0 Å². The lowest BCUT2D eigenvalue weighted by Crippen LogP contribution is -2.29. The predicted octanol–water partition coefficient (Wildman–Crippen LogP) is 5.39. The molecular formula is C23H21ClO4. The van der Waals surface area contributed by atoms with E-state index in [0.29, 0.717) is 22.1 Å². The van der Waals surface area contributed by atoms with Gasteiger partial charge in [0.25, 0.3) is 0 Å². The molecule has 3 aliphatic rings. The molecule has 1 aliphatic carbocycles. The Morgan fingerprint density at radius 1 is 1.07 bits per heavy atom. The number of ether oxygens (including phenoxy) is 2. The highest BCUT2D eigenvalue weighted by atomic mass is 35.5. The van der Waals surface area contributed by atoms with E-state index in [1.165, 1.54) is 0 Å². The molecule has 4 nitrogen and oxygen atoms in total. The van der Waals surface area contributed by atoms with E-state index in [0.717, 1.165) is 29.5 Å². The smallest absolute Gasteiger partial charge is 0.173 e. The number of hydrogen-bond acceptors (Lipinski definition) is 4. The van der Waals surface area contributed by atoms with Crippen molar-refractivity contribution in [2.75, 3.05) is 0 Å². The van der Waals surface area contributed by atoms with Crippen molar-refractivity contribution in [1.29, 1.82) is 0 Å². The van der Waals surface area contributed by atoms with E-state index >= 15 is 0 Å². The molecule has 28 heavy (non-hydrogen) atoms. The molecule has 5 rings (SSSR count). The SMILES string of the molecule is Cc1cc(Oc2ccccc2Cl)cc(C)c1C1=C(O)[C@H]2[C@@H](C1=O)[C@@H]1CC[C@H]2O1. The van der Waals surface area contributed by atoms with E-state index < -0.39 is 0 Å². The maximum atomic E-state index is 13.2. The summed E-state index contributed by atoms with van der Waals surface area (Å²) in [5, 5.41) is 11.5. The summed E-state index contributed by atoms with van der Waals surface area (Å²) in [5.74, 6) is 1.04. The summed E-state index contributed by atoms with van der Waals surface area (Å²) in [5.41, 5.74) is 3.06. The van der Waals surface area contributed by atoms with Gasteiger partial charge in [-0.05, 0) is 67.6 Å². The fourth-order valence-electron chi connectivity index (χ4n) is 5.10. The van der Waals surface area contributed by atoms with Crippen LogP contribution in [0.4, 0.5) is 0 Å². The number of carbonyl (C=O) groups is 1. The van der Waals surface area contributed by atoms with Gasteiger partial charge in [-0.2, -0.15) is 0 Å². The monoisotopic (exact) mass is 396 g/mol. The van der Waals surface area contributed by atoms with Crippen molar-refractivity contribution in [3.63, 3.8) is 0 Å². The number of carbonyl (C=O) groups excluding carboxylic acids is 1. The number of aryl methyl sites for hydroxylation is 2. The van der Waals surface area contributed by atoms with Crippen molar-refractivity contribution in [1.82, 2.24) is 0 Å². The molecule has 0 unspecified atom stereocenters. The molecule has 0 amide bonds. The van der Waals surface area contributed by atoms with E-state index in [9.17, 15) is 9.90 Å². The van der Waals surface area contributed by atoms with Gasteiger partial charge in [0.2, 0.25) is 0 Å². The molecule has 4 atom stereocenters. The first-order valence-corrected chi connectivity index (χ1v) is 10.0. The lowest BCUT2D eigenvalue weighted by molar-refractivity contribution is -0.118. The van der Waals surface area contributed by atoms with Crippen LogP contribution in [0.15, 0.2) is 42.2 Å². The van der Waals surface area contributed by atoms with Gasteiger partial charge in [0.05, 0.1) is 34.6 Å². The van der Waals surface area contributed by atoms with Crippen LogP contribution in [0.2, 0.25) is 5.02 Å². The number of aliphatic hydroxyl groups is 1. The molecule has 2 aliphatic heterocycles. The summed E-state index contributed by atoms with van der Waals surface area (Å²) in [7, 11) is 0. The number of hydrogen-bond donors (Lipinski definition) is 1. The van der Waals surface area contributed by atoms with Gasteiger partial charge in [-0.3, -0.25) is 4.79 Å². The Balaban J connectivity index is 1.53. The number of allylic oxidation sites excluding steroid dienone is 1. The summed E-state index contributed by atoms with van der Waals surface area (Å²) in [4.78, 5) is 13.2. The van der Waals surface area contributed by atoms with Gasteiger partial charge in [-0.15, -0.1) is 0 Å². The second-order valence-electron chi connectivity index (χ2n) is 7.93. The van der Waals surface area contributed by atoms with Gasteiger partial charge >= 0.3 is 0 Å². The Morgan fingerprint density at radius 2 is 1.71 bits per heavy atom. The zero-order valence-corrected chi connectivity index (χ0v) is 16.5. The van der Waals surface area contributed by atoms with Crippen LogP contribution in [0.5, 0.6) is 11.5 Å². The maximum absolute atomic E-state index is 13.2. The Bertz CT molecular complexity index is 1000. The van der Waals surface area contributed by atoms with Gasteiger partial charge < -0.3 is 14.6 Å². The molecule has 0 saturated carbocycles.